The van der Waals surface area contributed by atoms with Gasteiger partial charge in [0, 0.05) is 16.6 Å². The zero-order valence-corrected chi connectivity index (χ0v) is 20.5. The van der Waals surface area contributed by atoms with E-state index in [2.05, 4.69) is 31.4 Å². The lowest BCUT2D eigenvalue weighted by molar-refractivity contribution is 0.0500. The number of nitrogens with one attached hydrogen (secondary N) is 1. The number of amides is 1. The van der Waals surface area contributed by atoms with Gasteiger partial charge in [0.2, 0.25) is 5.16 Å². The first-order valence-corrected chi connectivity index (χ1v) is 12.0. The summed E-state index contributed by atoms with van der Waals surface area (Å²) in [7, 11) is 0. The number of hydrogen-bond donors (Lipinski definition) is 1. The van der Waals surface area contributed by atoms with E-state index in [1.165, 1.54) is 0 Å². The Morgan fingerprint density at radius 3 is 2.56 bits per heavy atom. The number of carbonyl (C=O) groups excluding carboxylic acids is 1. The second-order valence-electron chi connectivity index (χ2n) is 8.38. The highest BCUT2D eigenvalue weighted by Crippen LogP contribution is 2.28. The third kappa shape index (κ3) is 5.58. The number of benzene rings is 2. The van der Waals surface area contributed by atoms with E-state index in [1.807, 2.05) is 75.4 Å². The molecule has 0 aliphatic carbocycles. The Bertz CT molecular complexity index is 1120. The van der Waals surface area contributed by atoms with Crippen LogP contribution in [0.2, 0.25) is 0 Å². The lowest BCUT2D eigenvalue weighted by atomic mass is 10.1. The van der Waals surface area contributed by atoms with Crippen molar-refractivity contribution in [3.63, 3.8) is 0 Å². The molecule has 2 aromatic carbocycles. The van der Waals surface area contributed by atoms with E-state index >= 15 is 0 Å². The molecule has 0 bridgehead atoms. The van der Waals surface area contributed by atoms with E-state index in [9.17, 15) is 4.79 Å². The summed E-state index contributed by atoms with van der Waals surface area (Å²) in [6, 6.07) is 17.5. The molecule has 1 aromatic heterocycles. The van der Waals surface area contributed by atoms with Gasteiger partial charge >= 0.3 is 6.09 Å². The van der Waals surface area contributed by atoms with Gasteiger partial charge in [-0.25, -0.2) is 4.79 Å². The summed E-state index contributed by atoms with van der Waals surface area (Å²) in [6.45, 7) is 5.51. The topological polar surface area (TPSA) is 81.4 Å². The first kappa shape index (κ1) is 22.5. The number of nitrogens with zero attached hydrogens (tertiary/aromatic N) is 4. The Labute approximate surface area is 199 Å². The predicted molar refractivity (Wildman–Crippen MR) is 129 cm³/mol. The van der Waals surface area contributed by atoms with Crippen molar-refractivity contribution in [3.8, 4) is 0 Å². The van der Waals surface area contributed by atoms with Gasteiger partial charge in [0.05, 0.1) is 11.8 Å². The van der Waals surface area contributed by atoms with Crippen LogP contribution in [0.4, 0.5) is 4.79 Å². The lowest BCUT2D eigenvalue weighted by Gasteiger charge is -2.24. The van der Waals surface area contributed by atoms with Crippen molar-refractivity contribution >= 4 is 39.5 Å². The first-order valence-electron chi connectivity index (χ1n) is 10.2. The molecule has 1 atom stereocenters. The van der Waals surface area contributed by atoms with Crippen LogP contribution < -0.4 is 5.32 Å². The zero-order chi connectivity index (χ0) is 22.7. The van der Waals surface area contributed by atoms with Gasteiger partial charge in [0.1, 0.15) is 5.60 Å². The number of rotatable bonds is 5. The largest absolute Gasteiger partial charge is 0.444 e. The minimum atomic E-state index is -0.603. The molecule has 32 heavy (non-hydrogen) atoms. The maximum Gasteiger partial charge on any atom is 0.408 e. The highest BCUT2D eigenvalue weighted by Gasteiger charge is 2.28. The monoisotopic (exact) mass is 513 g/mol. The molecule has 0 radical (unpaired) electrons. The van der Waals surface area contributed by atoms with Crippen molar-refractivity contribution in [2.75, 3.05) is 5.75 Å². The third-order valence-electron chi connectivity index (χ3n) is 4.66. The van der Waals surface area contributed by atoms with Gasteiger partial charge in [-0.3, -0.25) is 0 Å². The normalized spacial score (nSPS) is 14.3. The summed E-state index contributed by atoms with van der Waals surface area (Å²) in [5.41, 5.74) is 2.41. The van der Waals surface area contributed by atoms with Crippen molar-refractivity contribution in [3.05, 3.63) is 76.0 Å². The summed E-state index contributed by atoms with van der Waals surface area (Å²) in [4.78, 5) is 12.6. The van der Waals surface area contributed by atoms with Gasteiger partial charge in [-0.15, -0.1) is 10.2 Å². The highest BCUT2D eigenvalue weighted by atomic mass is 79.9. The molecule has 1 aliphatic heterocycles. The maximum absolute atomic E-state index is 12.6. The Balaban J connectivity index is 1.67. The van der Waals surface area contributed by atoms with E-state index in [0.29, 0.717) is 23.2 Å². The van der Waals surface area contributed by atoms with Crippen LogP contribution in [0, 0.1) is 0 Å². The number of carbonyl (C=O) groups is 1. The zero-order valence-electron chi connectivity index (χ0n) is 18.1. The molecule has 0 saturated heterocycles. The van der Waals surface area contributed by atoms with Crippen molar-refractivity contribution in [1.82, 2.24) is 20.2 Å². The number of halogens is 1. The second kappa shape index (κ2) is 9.46. The summed E-state index contributed by atoms with van der Waals surface area (Å²) in [6.07, 6.45) is 0.0304. The quantitative estimate of drug-likeness (QED) is 0.506. The molecule has 1 aliphatic rings. The van der Waals surface area contributed by atoms with Crippen LogP contribution in [0.3, 0.4) is 0 Å². The maximum atomic E-state index is 12.6. The molecule has 2 heterocycles. The molecular weight excluding hydrogens is 490 g/mol. The first-order chi connectivity index (χ1) is 15.3. The smallest absolute Gasteiger partial charge is 0.408 e. The van der Waals surface area contributed by atoms with Gasteiger partial charge in [-0.2, -0.15) is 9.78 Å². The molecule has 4 rings (SSSR count). The van der Waals surface area contributed by atoms with E-state index in [0.717, 1.165) is 21.3 Å². The van der Waals surface area contributed by atoms with Gasteiger partial charge < -0.3 is 10.1 Å². The fourth-order valence-corrected chi connectivity index (χ4v) is 4.36. The molecule has 1 unspecified atom stereocenters. The van der Waals surface area contributed by atoms with Gasteiger partial charge in [0.25, 0.3) is 0 Å². The molecule has 7 nitrogen and oxygen atoms in total. The second-order valence-corrected chi connectivity index (χ2v) is 10.2. The van der Waals surface area contributed by atoms with Crippen LogP contribution in [0.5, 0.6) is 0 Å². The van der Waals surface area contributed by atoms with Crippen LogP contribution in [0.15, 0.2) is 69.3 Å². The molecule has 0 saturated carbocycles. The van der Waals surface area contributed by atoms with Crippen LogP contribution in [-0.4, -0.2) is 38.0 Å². The number of alkyl carbamates (subject to hydrolysis) is 1. The minimum absolute atomic E-state index is 0.456. The van der Waals surface area contributed by atoms with E-state index in [1.54, 1.807) is 16.4 Å². The van der Waals surface area contributed by atoms with Gasteiger partial charge in [0.15, 0.2) is 5.82 Å². The Morgan fingerprint density at radius 2 is 1.88 bits per heavy atom. The fraction of sp³-hybridized carbons (Fsp3) is 0.304. The van der Waals surface area contributed by atoms with Crippen LogP contribution in [0.25, 0.3) is 0 Å². The molecule has 0 spiro atoms. The third-order valence-corrected chi connectivity index (χ3v) is 6.12. The number of ether oxygens (including phenoxy) is 1. The minimum Gasteiger partial charge on any atom is -0.444 e. The van der Waals surface area contributed by atoms with Crippen LogP contribution in [0.1, 0.15) is 43.8 Å². The average molecular weight is 514 g/mol. The Hall–Kier alpha value is -2.65. The van der Waals surface area contributed by atoms with E-state index in [4.69, 9.17) is 9.84 Å². The summed E-state index contributed by atoms with van der Waals surface area (Å²) in [5.74, 6) is 1.26. The van der Waals surface area contributed by atoms with Gasteiger partial charge in [-0.05, 0) is 44.0 Å². The number of aromatic nitrogens is 3. The summed E-state index contributed by atoms with van der Waals surface area (Å²) in [5, 5.41) is 17.2. The Kier molecular flexibility index (Phi) is 6.66. The van der Waals surface area contributed by atoms with Crippen molar-refractivity contribution in [2.24, 2.45) is 5.10 Å². The lowest BCUT2D eigenvalue weighted by Crippen LogP contribution is -2.37. The van der Waals surface area contributed by atoms with Crippen molar-refractivity contribution in [1.29, 1.82) is 0 Å². The summed E-state index contributed by atoms with van der Waals surface area (Å²) >= 11 is 5.04. The molecule has 1 amide bonds. The highest BCUT2D eigenvalue weighted by molar-refractivity contribution is 9.10. The van der Waals surface area contributed by atoms with E-state index < -0.39 is 17.7 Å². The number of thioether (sulfide) groups is 1. The fourth-order valence-electron chi connectivity index (χ4n) is 3.25. The standard InChI is InChI=1S/C23H24BrN5O2S/c1-23(2,3)31-22(30)25-18(13-15-7-5-4-6-8-15)20-26-27-21-29(20)28-19(14-32-21)16-9-11-17(24)12-10-16/h4-12,18H,13-14H2,1-3H3,(H,25,30). The molecule has 9 heteroatoms. The molecule has 0 fully saturated rings. The van der Waals surface area contributed by atoms with Crippen LogP contribution in [-0.2, 0) is 11.2 Å². The van der Waals surface area contributed by atoms with Crippen molar-refractivity contribution < 1.29 is 9.53 Å². The van der Waals surface area contributed by atoms with Crippen molar-refractivity contribution in [2.45, 2.75) is 44.0 Å². The molecule has 1 N–H and O–H groups in total. The Morgan fingerprint density at radius 1 is 1.16 bits per heavy atom. The van der Waals surface area contributed by atoms with E-state index in [-0.39, 0.29) is 0 Å². The summed E-state index contributed by atoms with van der Waals surface area (Å²) < 4.78 is 8.24. The van der Waals surface area contributed by atoms with Crippen LogP contribution >= 0.6 is 27.7 Å². The average Bonchev–Trinajstić information content (AvgIpc) is 3.16. The molecule has 166 valence electrons. The predicted octanol–water partition coefficient (Wildman–Crippen LogP) is 5.21. The molecule has 3 aromatic rings. The SMILES string of the molecule is CC(C)(C)OC(=O)NC(Cc1ccccc1)c1nnc2n1N=C(c1ccc(Br)cc1)CS2. The van der Waals surface area contributed by atoms with Gasteiger partial charge in [-0.1, -0.05) is 70.2 Å². The molecular formula is C23H24BrN5O2S. The number of fused-ring (bicyclic) bond motifs is 1. The number of hydrogen-bond acceptors (Lipinski definition) is 6.